The molecular weight excluding hydrogens is 274 g/mol. The number of hydrazone groups is 1. The lowest BCUT2D eigenvalue weighted by Crippen LogP contribution is -3.00. The lowest BCUT2D eigenvalue weighted by molar-refractivity contribution is -0.862. The molecule has 4 nitrogen and oxygen atoms in total. The molecule has 0 aromatic heterocycles. The van der Waals surface area contributed by atoms with Crippen LogP contribution in [0.2, 0.25) is 0 Å². The Hall–Kier alpha value is -1.65. The number of benzene rings is 1. The minimum Gasteiger partial charge on any atom is -1.00 e. The van der Waals surface area contributed by atoms with Crippen LogP contribution in [0.25, 0.3) is 6.08 Å². The molecule has 1 aromatic rings. The van der Waals surface area contributed by atoms with Crippen LogP contribution in [0.4, 0.5) is 0 Å². The summed E-state index contributed by atoms with van der Waals surface area (Å²) in [5, 5.41) is 3.95. The van der Waals surface area contributed by atoms with E-state index in [-0.39, 0.29) is 18.3 Å². The first-order chi connectivity index (χ1) is 8.87. The Bertz CT molecular complexity index is 476. The van der Waals surface area contributed by atoms with Gasteiger partial charge in [-0.15, -0.1) is 0 Å². The SMILES string of the molecule is CC(=C/c1ccccc1)/C=N/NC(=O)C[N+](C)(C)C.[Cl-]. The van der Waals surface area contributed by atoms with E-state index in [0.29, 0.717) is 11.0 Å². The van der Waals surface area contributed by atoms with E-state index in [2.05, 4.69) is 10.5 Å². The maximum atomic E-state index is 11.5. The molecule has 0 unspecified atom stereocenters. The van der Waals surface area contributed by atoms with E-state index in [0.717, 1.165) is 11.1 Å². The van der Waals surface area contributed by atoms with Crippen molar-refractivity contribution in [2.75, 3.05) is 27.7 Å². The number of rotatable bonds is 5. The van der Waals surface area contributed by atoms with Crippen molar-refractivity contribution in [1.82, 2.24) is 5.43 Å². The zero-order valence-electron chi connectivity index (χ0n) is 12.4. The molecule has 0 heterocycles. The van der Waals surface area contributed by atoms with E-state index in [1.54, 1.807) is 6.21 Å². The van der Waals surface area contributed by atoms with Crippen molar-refractivity contribution in [3.63, 3.8) is 0 Å². The summed E-state index contributed by atoms with van der Waals surface area (Å²) in [6.07, 6.45) is 3.66. The Morgan fingerprint density at radius 1 is 1.25 bits per heavy atom. The smallest absolute Gasteiger partial charge is 0.295 e. The number of carbonyl (C=O) groups excluding carboxylic acids is 1. The molecule has 1 aromatic carbocycles. The standard InChI is InChI=1S/C15H21N3O.ClH/c1-13(10-14-8-6-5-7-9-14)11-16-17-15(19)12-18(2,3)4;/h5-11H,12H2,1-4H3;1H/b13-10-,16-11+;. The van der Waals surface area contributed by atoms with Gasteiger partial charge in [-0.1, -0.05) is 36.4 Å². The molecule has 0 radical (unpaired) electrons. The van der Waals surface area contributed by atoms with Gasteiger partial charge in [0.15, 0.2) is 6.54 Å². The molecule has 1 rings (SSSR count). The van der Waals surface area contributed by atoms with Gasteiger partial charge in [0.05, 0.1) is 27.4 Å². The van der Waals surface area contributed by atoms with E-state index < -0.39 is 0 Å². The predicted molar refractivity (Wildman–Crippen MR) is 79.6 cm³/mol. The van der Waals surface area contributed by atoms with Crippen LogP contribution in [0.15, 0.2) is 41.0 Å². The summed E-state index contributed by atoms with van der Waals surface area (Å²) in [6, 6.07) is 9.99. The third-order valence-electron chi connectivity index (χ3n) is 2.27. The summed E-state index contributed by atoms with van der Waals surface area (Å²) in [6.45, 7) is 2.35. The number of quaternary nitrogens is 1. The first kappa shape index (κ1) is 18.4. The van der Waals surface area contributed by atoms with Gasteiger partial charge in [-0.25, -0.2) is 5.43 Å². The Morgan fingerprint density at radius 2 is 1.85 bits per heavy atom. The molecule has 1 amide bonds. The van der Waals surface area contributed by atoms with Gasteiger partial charge in [0.25, 0.3) is 5.91 Å². The molecule has 0 aliphatic carbocycles. The minimum atomic E-state index is -0.0868. The van der Waals surface area contributed by atoms with Gasteiger partial charge < -0.3 is 16.9 Å². The number of nitrogens with one attached hydrogen (secondary N) is 1. The minimum absolute atomic E-state index is 0. The molecule has 0 saturated carbocycles. The van der Waals surface area contributed by atoms with E-state index in [4.69, 9.17) is 0 Å². The van der Waals surface area contributed by atoms with Gasteiger partial charge in [0.1, 0.15) is 0 Å². The molecule has 110 valence electrons. The Balaban J connectivity index is 0.00000361. The number of allylic oxidation sites excluding steroid dienone is 1. The summed E-state index contributed by atoms with van der Waals surface area (Å²) in [7, 11) is 5.89. The third kappa shape index (κ3) is 8.45. The molecule has 5 heteroatoms. The zero-order chi connectivity index (χ0) is 14.3. The van der Waals surface area contributed by atoms with Crippen molar-refractivity contribution >= 4 is 18.2 Å². The van der Waals surface area contributed by atoms with Crippen molar-refractivity contribution in [3.8, 4) is 0 Å². The van der Waals surface area contributed by atoms with Crippen molar-refractivity contribution in [3.05, 3.63) is 41.5 Å². The number of halogens is 1. The molecule has 0 atom stereocenters. The zero-order valence-corrected chi connectivity index (χ0v) is 13.2. The average Bonchev–Trinajstić information content (AvgIpc) is 2.27. The largest absolute Gasteiger partial charge is 1.00 e. The van der Waals surface area contributed by atoms with Crippen molar-refractivity contribution in [1.29, 1.82) is 0 Å². The Morgan fingerprint density at radius 3 is 2.40 bits per heavy atom. The molecule has 0 spiro atoms. The molecular formula is C15H22ClN3O. The van der Waals surface area contributed by atoms with Crippen molar-refractivity contribution in [2.24, 2.45) is 5.10 Å². The fraction of sp³-hybridized carbons (Fsp3) is 0.333. The highest BCUT2D eigenvalue weighted by Gasteiger charge is 2.12. The predicted octanol–water partition coefficient (Wildman–Crippen LogP) is -1.10. The van der Waals surface area contributed by atoms with Crippen LogP contribution < -0.4 is 17.8 Å². The first-order valence-electron chi connectivity index (χ1n) is 6.22. The average molecular weight is 296 g/mol. The van der Waals surface area contributed by atoms with E-state index in [9.17, 15) is 4.79 Å². The second kappa shape index (κ2) is 8.51. The number of amides is 1. The third-order valence-corrected chi connectivity index (χ3v) is 2.27. The van der Waals surface area contributed by atoms with Gasteiger partial charge in [-0.05, 0) is 18.1 Å². The van der Waals surface area contributed by atoms with Crippen molar-refractivity contribution in [2.45, 2.75) is 6.92 Å². The lowest BCUT2D eigenvalue weighted by Gasteiger charge is -2.21. The van der Waals surface area contributed by atoms with E-state index in [1.165, 1.54) is 0 Å². The monoisotopic (exact) mass is 295 g/mol. The molecule has 0 aliphatic heterocycles. The highest BCUT2D eigenvalue weighted by atomic mass is 35.5. The van der Waals surface area contributed by atoms with Gasteiger partial charge in [-0.3, -0.25) is 4.79 Å². The van der Waals surface area contributed by atoms with Crippen LogP contribution in [0.1, 0.15) is 12.5 Å². The summed E-state index contributed by atoms with van der Waals surface area (Å²) in [4.78, 5) is 11.5. The second-order valence-corrected chi connectivity index (χ2v) is 5.54. The Labute approximate surface area is 127 Å². The summed E-state index contributed by atoms with van der Waals surface area (Å²) in [5.74, 6) is -0.0868. The number of hydrogen-bond acceptors (Lipinski definition) is 2. The normalized spacial score (nSPS) is 12.1. The summed E-state index contributed by atoms with van der Waals surface area (Å²) >= 11 is 0. The summed E-state index contributed by atoms with van der Waals surface area (Å²) < 4.78 is 0.584. The second-order valence-electron chi connectivity index (χ2n) is 5.54. The van der Waals surface area contributed by atoms with E-state index in [1.807, 2.05) is 64.5 Å². The maximum absolute atomic E-state index is 11.5. The van der Waals surface area contributed by atoms with Gasteiger partial charge >= 0.3 is 0 Å². The first-order valence-corrected chi connectivity index (χ1v) is 6.22. The number of hydrogen-bond donors (Lipinski definition) is 1. The van der Waals surface area contributed by atoms with Crippen LogP contribution >= 0.6 is 0 Å². The molecule has 1 N–H and O–H groups in total. The molecule has 0 fully saturated rings. The molecule has 0 aliphatic rings. The van der Waals surface area contributed by atoms with Crippen LogP contribution in [0.3, 0.4) is 0 Å². The lowest BCUT2D eigenvalue weighted by atomic mass is 10.1. The van der Waals surface area contributed by atoms with Crippen LogP contribution in [-0.4, -0.2) is 44.3 Å². The van der Waals surface area contributed by atoms with Crippen molar-refractivity contribution < 1.29 is 21.7 Å². The Kier molecular flexibility index (Phi) is 7.80. The van der Waals surface area contributed by atoms with E-state index >= 15 is 0 Å². The number of carbonyl (C=O) groups is 1. The van der Waals surface area contributed by atoms with Crippen LogP contribution in [0, 0.1) is 0 Å². The fourth-order valence-electron chi connectivity index (χ4n) is 1.52. The molecule has 20 heavy (non-hydrogen) atoms. The highest BCUT2D eigenvalue weighted by molar-refractivity contribution is 5.86. The fourth-order valence-corrected chi connectivity index (χ4v) is 1.52. The van der Waals surface area contributed by atoms with Crippen LogP contribution in [-0.2, 0) is 4.79 Å². The van der Waals surface area contributed by atoms with Gasteiger partial charge in [-0.2, -0.15) is 5.10 Å². The van der Waals surface area contributed by atoms with Gasteiger partial charge in [0, 0.05) is 0 Å². The maximum Gasteiger partial charge on any atom is 0.295 e. The van der Waals surface area contributed by atoms with Crippen LogP contribution in [0.5, 0.6) is 0 Å². The summed E-state index contributed by atoms with van der Waals surface area (Å²) in [5.41, 5.74) is 4.63. The van der Waals surface area contributed by atoms with Gasteiger partial charge in [0.2, 0.25) is 0 Å². The highest BCUT2D eigenvalue weighted by Crippen LogP contribution is 2.04. The molecule has 0 saturated heterocycles. The molecule has 0 bridgehead atoms. The topological polar surface area (TPSA) is 41.5 Å². The number of likely N-dealkylation sites (N-methyl/N-ethyl adjacent to an activating group) is 1. The quantitative estimate of drug-likeness (QED) is 0.418. The number of nitrogens with zero attached hydrogens (tertiary/aromatic N) is 2.